The van der Waals surface area contributed by atoms with E-state index < -0.39 is 5.97 Å². The fourth-order valence-corrected chi connectivity index (χ4v) is 5.75. The molecule has 0 saturated carbocycles. The summed E-state index contributed by atoms with van der Waals surface area (Å²) in [7, 11) is 0. The molecule has 0 spiro atoms. The number of aliphatic carboxylic acids is 1. The maximum absolute atomic E-state index is 10.9. The van der Waals surface area contributed by atoms with Crippen molar-refractivity contribution in [3.8, 4) is 11.4 Å². The first kappa shape index (κ1) is 28.0. The number of benzene rings is 3. The average Bonchev–Trinajstić information content (AvgIpc) is 3.27. The Bertz CT molecular complexity index is 1400. The Hall–Kier alpha value is -3.00. The van der Waals surface area contributed by atoms with Gasteiger partial charge in [0.05, 0.1) is 22.2 Å². The van der Waals surface area contributed by atoms with Crippen molar-refractivity contribution >= 4 is 40.9 Å². The van der Waals surface area contributed by atoms with Gasteiger partial charge in [-0.1, -0.05) is 72.6 Å². The highest BCUT2D eigenvalue weighted by atomic mass is 35.5. The first-order valence-electron chi connectivity index (χ1n) is 12.2. The van der Waals surface area contributed by atoms with Crippen LogP contribution >= 0.6 is 35.0 Å². The zero-order valence-electron chi connectivity index (χ0n) is 21.6. The van der Waals surface area contributed by atoms with Crippen molar-refractivity contribution in [2.75, 3.05) is 0 Å². The SMILES string of the molecule is CC(C)c1nnn(-c2c(Cl)cccc2Cl)c1COc1ccc(C(C)(C)Sc2ccc(CC(=O)O)cc2)cc1. The highest BCUT2D eigenvalue weighted by Gasteiger charge is 2.23. The quantitative estimate of drug-likeness (QED) is 0.195. The van der Waals surface area contributed by atoms with E-state index in [2.05, 4.69) is 50.1 Å². The smallest absolute Gasteiger partial charge is 0.307 e. The number of carbonyl (C=O) groups is 1. The number of carboxylic acid groups (broad SMARTS) is 1. The van der Waals surface area contributed by atoms with Gasteiger partial charge in [-0.25, -0.2) is 4.68 Å². The molecule has 198 valence electrons. The minimum atomic E-state index is -0.832. The first-order chi connectivity index (χ1) is 18.0. The molecule has 38 heavy (non-hydrogen) atoms. The maximum Gasteiger partial charge on any atom is 0.307 e. The summed E-state index contributed by atoms with van der Waals surface area (Å²) in [5.74, 6) is 0.0316. The molecule has 0 aliphatic heterocycles. The molecule has 6 nitrogen and oxygen atoms in total. The van der Waals surface area contributed by atoms with Crippen molar-refractivity contribution in [3.05, 3.63) is 99.3 Å². The summed E-state index contributed by atoms with van der Waals surface area (Å²) in [6, 6.07) is 21.0. The summed E-state index contributed by atoms with van der Waals surface area (Å²) >= 11 is 14.6. The van der Waals surface area contributed by atoms with Gasteiger partial charge in [-0.3, -0.25) is 4.79 Å². The van der Waals surface area contributed by atoms with Gasteiger partial charge in [-0.05, 0) is 67.3 Å². The van der Waals surface area contributed by atoms with Gasteiger partial charge in [-0.15, -0.1) is 16.9 Å². The molecule has 0 unspecified atom stereocenters. The minimum Gasteiger partial charge on any atom is -0.487 e. The molecule has 0 fully saturated rings. The fraction of sp³-hybridized carbons (Fsp3) is 0.276. The van der Waals surface area contributed by atoms with E-state index in [4.69, 9.17) is 33.0 Å². The van der Waals surface area contributed by atoms with E-state index in [1.165, 1.54) is 0 Å². The lowest BCUT2D eigenvalue weighted by atomic mass is 10.0. The van der Waals surface area contributed by atoms with Crippen LogP contribution in [0.2, 0.25) is 10.0 Å². The number of carboxylic acids is 1. The molecule has 0 amide bonds. The van der Waals surface area contributed by atoms with Crippen LogP contribution in [0.15, 0.2) is 71.6 Å². The van der Waals surface area contributed by atoms with Gasteiger partial charge in [0, 0.05) is 9.64 Å². The Kier molecular flexibility index (Phi) is 8.71. The van der Waals surface area contributed by atoms with E-state index in [-0.39, 0.29) is 23.7 Å². The molecule has 9 heteroatoms. The van der Waals surface area contributed by atoms with Crippen LogP contribution in [0.5, 0.6) is 5.75 Å². The highest BCUT2D eigenvalue weighted by molar-refractivity contribution is 8.00. The van der Waals surface area contributed by atoms with E-state index in [9.17, 15) is 4.79 Å². The van der Waals surface area contributed by atoms with Crippen LogP contribution in [0.25, 0.3) is 5.69 Å². The van der Waals surface area contributed by atoms with Crippen LogP contribution in [0.1, 0.15) is 56.1 Å². The molecule has 4 aromatic rings. The lowest BCUT2D eigenvalue weighted by Gasteiger charge is -2.25. The lowest BCUT2D eigenvalue weighted by molar-refractivity contribution is -0.136. The van der Waals surface area contributed by atoms with Crippen molar-refractivity contribution in [3.63, 3.8) is 0 Å². The topological polar surface area (TPSA) is 77.2 Å². The molecule has 1 N–H and O–H groups in total. The molecule has 0 aliphatic carbocycles. The number of para-hydroxylation sites is 1. The summed E-state index contributed by atoms with van der Waals surface area (Å²) in [6.07, 6.45) is 0.0245. The standard InChI is InChI=1S/C29H29Cl2N3O3S/c1-18(2)27-25(34(33-32-27)28-23(30)6-5-7-24(28)31)17-37-21-12-10-20(11-13-21)29(3,4)38-22-14-8-19(9-15-22)16-26(35)36/h5-15,18H,16-17H2,1-4H3,(H,35,36). The van der Waals surface area contributed by atoms with Crippen LogP contribution in [0.3, 0.4) is 0 Å². The van der Waals surface area contributed by atoms with Crippen molar-refractivity contribution in [1.82, 2.24) is 15.0 Å². The summed E-state index contributed by atoms with van der Waals surface area (Å²) in [6.45, 7) is 8.68. The van der Waals surface area contributed by atoms with Crippen molar-refractivity contribution < 1.29 is 14.6 Å². The van der Waals surface area contributed by atoms with E-state index in [1.807, 2.05) is 36.4 Å². The largest absolute Gasteiger partial charge is 0.487 e. The average molecular weight is 571 g/mol. The van der Waals surface area contributed by atoms with Crippen LogP contribution in [0, 0.1) is 0 Å². The third-order valence-electron chi connectivity index (χ3n) is 6.07. The molecule has 0 bridgehead atoms. The Balaban J connectivity index is 1.49. The Labute approximate surface area is 236 Å². The van der Waals surface area contributed by atoms with E-state index in [1.54, 1.807) is 34.6 Å². The molecular formula is C29H29Cl2N3O3S. The monoisotopic (exact) mass is 569 g/mol. The second kappa shape index (κ2) is 11.8. The summed E-state index contributed by atoms with van der Waals surface area (Å²) < 4.78 is 7.63. The van der Waals surface area contributed by atoms with Crippen LogP contribution in [-0.4, -0.2) is 26.1 Å². The lowest BCUT2D eigenvalue weighted by Crippen LogP contribution is -2.12. The van der Waals surface area contributed by atoms with Crippen LogP contribution in [0.4, 0.5) is 0 Å². The third kappa shape index (κ3) is 6.52. The molecule has 4 rings (SSSR count). The minimum absolute atomic E-state index is 0.0245. The third-order valence-corrected chi connectivity index (χ3v) is 7.93. The summed E-state index contributed by atoms with van der Waals surface area (Å²) in [5.41, 5.74) is 4.13. The molecule has 0 atom stereocenters. The number of halogens is 2. The van der Waals surface area contributed by atoms with Crippen LogP contribution in [-0.2, 0) is 22.6 Å². The summed E-state index contributed by atoms with van der Waals surface area (Å²) in [4.78, 5) is 12.0. The Morgan fingerprint density at radius 2 is 1.66 bits per heavy atom. The zero-order chi connectivity index (χ0) is 27.4. The normalized spacial score (nSPS) is 11.7. The number of thioether (sulfide) groups is 1. The number of rotatable bonds is 10. The summed E-state index contributed by atoms with van der Waals surface area (Å²) in [5, 5.41) is 18.7. The van der Waals surface area contributed by atoms with Gasteiger partial charge >= 0.3 is 5.97 Å². The number of aromatic nitrogens is 3. The van der Waals surface area contributed by atoms with Crippen molar-refractivity contribution in [2.45, 2.75) is 56.3 Å². The second-order valence-electron chi connectivity index (χ2n) is 9.70. The number of hydrogen-bond acceptors (Lipinski definition) is 5. The molecule has 3 aromatic carbocycles. The molecule has 0 aliphatic rings. The van der Waals surface area contributed by atoms with Gasteiger partial charge in [0.25, 0.3) is 0 Å². The first-order valence-corrected chi connectivity index (χ1v) is 13.7. The van der Waals surface area contributed by atoms with Gasteiger partial charge in [0.15, 0.2) is 0 Å². The van der Waals surface area contributed by atoms with E-state index in [0.717, 1.165) is 33.2 Å². The number of ether oxygens (including phenoxy) is 1. The fourth-order valence-electron chi connectivity index (χ4n) is 4.08. The second-order valence-corrected chi connectivity index (χ2v) is 12.2. The Morgan fingerprint density at radius 1 is 1.03 bits per heavy atom. The molecule has 1 aromatic heterocycles. The maximum atomic E-state index is 10.9. The number of nitrogens with zero attached hydrogens (tertiary/aromatic N) is 3. The molecular weight excluding hydrogens is 541 g/mol. The van der Waals surface area contributed by atoms with Gasteiger partial charge < -0.3 is 9.84 Å². The molecule has 0 radical (unpaired) electrons. The predicted molar refractivity (Wildman–Crippen MR) is 153 cm³/mol. The van der Waals surface area contributed by atoms with Gasteiger partial charge in [0.2, 0.25) is 0 Å². The highest BCUT2D eigenvalue weighted by Crippen LogP contribution is 2.41. The zero-order valence-corrected chi connectivity index (χ0v) is 23.9. The van der Waals surface area contributed by atoms with Crippen molar-refractivity contribution in [1.29, 1.82) is 0 Å². The number of hydrogen-bond donors (Lipinski definition) is 1. The predicted octanol–water partition coefficient (Wildman–Crippen LogP) is 7.93. The van der Waals surface area contributed by atoms with E-state index in [0.29, 0.717) is 15.7 Å². The van der Waals surface area contributed by atoms with Gasteiger partial charge in [0.1, 0.15) is 23.7 Å². The van der Waals surface area contributed by atoms with E-state index >= 15 is 0 Å². The van der Waals surface area contributed by atoms with Crippen LogP contribution < -0.4 is 4.74 Å². The van der Waals surface area contributed by atoms with Crippen molar-refractivity contribution in [2.24, 2.45) is 0 Å². The molecule has 0 saturated heterocycles. The Morgan fingerprint density at radius 3 is 2.24 bits per heavy atom. The van der Waals surface area contributed by atoms with Gasteiger partial charge in [-0.2, -0.15) is 0 Å². The molecule has 1 heterocycles.